The minimum Gasteiger partial charge on any atom is -0.378 e. The number of rotatable bonds is 0. The first kappa shape index (κ1) is 11.9. The van der Waals surface area contributed by atoms with Gasteiger partial charge in [0.25, 0.3) is 0 Å². The van der Waals surface area contributed by atoms with E-state index >= 15 is 0 Å². The van der Waals surface area contributed by atoms with E-state index in [1.54, 1.807) is 0 Å². The topological polar surface area (TPSA) is 27.7 Å². The number of morpholine rings is 1. The summed E-state index contributed by atoms with van der Waals surface area (Å²) in [7, 11) is 2.24. The Labute approximate surface area is 104 Å². The second kappa shape index (κ2) is 4.84. The van der Waals surface area contributed by atoms with Crippen molar-refractivity contribution in [1.29, 1.82) is 0 Å². The fourth-order valence-electron chi connectivity index (χ4n) is 3.84. The molecule has 0 aromatic carbocycles. The minimum absolute atomic E-state index is 0.592. The minimum atomic E-state index is 0.592. The Balaban J connectivity index is 1.76. The summed E-state index contributed by atoms with van der Waals surface area (Å²) < 4.78 is 5.63. The highest BCUT2D eigenvalue weighted by molar-refractivity contribution is 4.97. The molecule has 4 heteroatoms. The van der Waals surface area contributed by atoms with Crippen LogP contribution in [0.1, 0.15) is 13.3 Å². The predicted molar refractivity (Wildman–Crippen MR) is 68.2 cm³/mol. The average molecular weight is 239 g/mol. The van der Waals surface area contributed by atoms with Gasteiger partial charge in [-0.15, -0.1) is 0 Å². The quantitative estimate of drug-likeness (QED) is 0.644. The van der Waals surface area contributed by atoms with Crippen molar-refractivity contribution in [2.24, 2.45) is 5.92 Å². The molecule has 3 saturated heterocycles. The number of fused-ring (bicyclic) bond motifs is 2. The molecule has 0 aromatic rings. The fourth-order valence-corrected chi connectivity index (χ4v) is 3.84. The highest BCUT2D eigenvalue weighted by atomic mass is 16.5. The van der Waals surface area contributed by atoms with Crippen LogP contribution >= 0.6 is 0 Å². The summed E-state index contributed by atoms with van der Waals surface area (Å²) in [5, 5.41) is 3.78. The van der Waals surface area contributed by atoms with Gasteiger partial charge in [-0.25, -0.2) is 0 Å². The van der Waals surface area contributed by atoms with Gasteiger partial charge in [-0.2, -0.15) is 0 Å². The van der Waals surface area contributed by atoms with Crippen molar-refractivity contribution in [2.75, 3.05) is 46.4 Å². The van der Waals surface area contributed by atoms with E-state index in [4.69, 9.17) is 4.74 Å². The molecule has 17 heavy (non-hydrogen) atoms. The number of piperidine rings is 1. The van der Waals surface area contributed by atoms with Crippen LogP contribution in [0.25, 0.3) is 0 Å². The molecule has 3 aliphatic rings. The van der Waals surface area contributed by atoms with Gasteiger partial charge in [0, 0.05) is 37.8 Å². The van der Waals surface area contributed by atoms with Crippen molar-refractivity contribution < 1.29 is 4.74 Å². The molecular formula is C13H25N3O. The third-order valence-corrected chi connectivity index (χ3v) is 4.90. The molecule has 3 fully saturated rings. The summed E-state index contributed by atoms with van der Waals surface area (Å²) in [6, 6.07) is 1.97. The number of ether oxygens (including phenoxy) is 1. The zero-order valence-electron chi connectivity index (χ0n) is 11.1. The molecule has 0 amide bonds. The maximum atomic E-state index is 5.63. The van der Waals surface area contributed by atoms with Crippen LogP contribution < -0.4 is 5.32 Å². The Hall–Kier alpha value is -0.160. The van der Waals surface area contributed by atoms with Crippen LogP contribution in [0, 0.1) is 5.92 Å². The number of nitrogens with zero attached hydrogens (tertiary/aromatic N) is 2. The summed E-state index contributed by atoms with van der Waals surface area (Å²) in [4.78, 5) is 5.15. The van der Waals surface area contributed by atoms with Crippen LogP contribution in [0.5, 0.6) is 0 Å². The summed E-state index contributed by atoms with van der Waals surface area (Å²) >= 11 is 0. The van der Waals surface area contributed by atoms with Crippen molar-refractivity contribution in [2.45, 2.75) is 31.5 Å². The van der Waals surface area contributed by atoms with E-state index in [0.717, 1.165) is 32.2 Å². The van der Waals surface area contributed by atoms with Crippen LogP contribution in [0.2, 0.25) is 0 Å². The fraction of sp³-hybridized carbons (Fsp3) is 1.00. The maximum Gasteiger partial charge on any atom is 0.0635 e. The summed E-state index contributed by atoms with van der Waals surface area (Å²) in [6.45, 7) is 8.92. The third-order valence-electron chi connectivity index (χ3n) is 4.90. The molecule has 3 heterocycles. The van der Waals surface area contributed by atoms with Gasteiger partial charge < -0.3 is 15.0 Å². The Bertz CT molecular complexity index is 273. The summed E-state index contributed by atoms with van der Waals surface area (Å²) in [5.41, 5.74) is 0. The molecule has 0 spiro atoms. The second-order valence-electron chi connectivity index (χ2n) is 5.94. The Morgan fingerprint density at radius 1 is 1.29 bits per heavy atom. The van der Waals surface area contributed by atoms with E-state index in [1.165, 1.54) is 19.5 Å². The Kier molecular flexibility index (Phi) is 3.39. The lowest BCUT2D eigenvalue weighted by Gasteiger charge is -2.43. The van der Waals surface area contributed by atoms with Crippen LogP contribution in [-0.4, -0.2) is 74.4 Å². The van der Waals surface area contributed by atoms with Crippen LogP contribution in [0.15, 0.2) is 0 Å². The zero-order valence-corrected chi connectivity index (χ0v) is 11.1. The van der Waals surface area contributed by atoms with Crippen molar-refractivity contribution in [3.8, 4) is 0 Å². The lowest BCUT2D eigenvalue weighted by atomic mass is 9.85. The van der Waals surface area contributed by atoms with Crippen molar-refractivity contribution in [3.05, 3.63) is 0 Å². The molecule has 0 radical (unpaired) electrons. The van der Waals surface area contributed by atoms with Crippen LogP contribution in [0.4, 0.5) is 0 Å². The highest BCUT2D eigenvalue weighted by Crippen LogP contribution is 2.28. The lowest BCUT2D eigenvalue weighted by molar-refractivity contribution is -0.0308. The molecular weight excluding hydrogens is 214 g/mol. The highest BCUT2D eigenvalue weighted by Gasteiger charge is 2.40. The SMILES string of the molecule is C[C@H]1[C@@H]2CCN(C)CC2NCC2COCCN21. The van der Waals surface area contributed by atoms with E-state index in [-0.39, 0.29) is 0 Å². The molecule has 4 nitrogen and oxygen atoms in total. The van der Waals surface area contributed by atoms with Gasteiger partial charge >= 0.3 is 0 Å². The van der Waals surface area contributed by atoms with Gasteiger partial charge in [-0.1, -0.05) is 0 Å². The first-order valence-electron chi connectivity index (χ1n) is 7.01. The molecule has 4 atom stereocenters. The number of hydrogen-bond donors (Lipinski definition) is 1. The standard InChI is InChI=1S/C13H25N3O/c1-10-12-3-4-15(2)8-13(12)14-7-11-9-17-6-5-16(10)11/h10-14H,3-9H2,1-2H3/t10-,11?,12-,13?/m0/s1. The van der Waals surface area contributed by atoms with Gasteiger partial charge in [0.05, 0.1) is 13.2 Å². The number of nitrogens with one attached hydrogen (secondary N) is 1. The third kappa shape index (κ3) is 2.24. The summed E-state index contributed by atoms with van der Waals surface area (Å²) in [6.07, 6.45) is 1.33. The monoisotopic (exact) mass is 239 g/mol. The molecule has 0 saturated carbocycles. The van der Waals surface area contributed by atoms with Gasteiger partial charge in [-0.05, 0) is 32.9 Å². The second-order valence-corrected chi connectivity index (χ2v) is 5.94. The van der Waals surface area contributed by atoms with Crippen LogP contribution in [0.3, 0.4) is 0 Å². The number of likely N-dealkylation sites (N-methyl/N-ethyl adjacent to an activating group) is 1. The molecule has 1 N–H and O–H groups in total. The number of hydrogen-bond acceptors (Lipinski definition) is 4. The molecule has 0 aliphatic carbocycles. The van der Waals surface area contributed by atoms with E-state index in [0.29, 0.717) is 18.1 Å². The molecule has 3 rings (SSSR count). The molecule has 98 valence electrons. The molecule has 2 unspecified atom stereocenters. The van der Waals surface area contributed by atoms with E-state index < -0.39 is 0 Å². The van der Waals surface area contributed by atoms with Gasteiger partial charge in [-0.3, -0.25) is 4.90 Å². The molecule has 3 aliphatic heterocycles. The molecule has 0 aromatic heterocycles. The smallest absolute Gasteiger partial charge is 0.0635 e. The Morgan fingerprint density at radius 2 is 2.18 bits per heavy atom. The van der Waals surface area contributed by atoms with Crippen molar-refractivity contribution >= 4 is 0 Å². The zero-order chi connectivity index (χ0) is 11.8. The number of likely N-dealkylation sites (tertiary alicyclic amines) is 1. The van der Waals surface area contributed by atoms with Crippen molar-refractivity contribution in [3.63, 3.8) is 0 Å². The normalized spacial score (nSPS) is 44.8. The lowest BCUT2D eigenvalue weighted by Crippen LogP contribution is -2.54. The first-order valence-corrected chi connectivity index (χ1v) is 7.01. The maximum absolute atomic E-state index is 5.63. The van der Waals surface area contributed by atoms with E-state index in [9.17, 15) is 0 Å². The largest absolute Gasteiger partial charge is 0.378 e. The van der Waals surface area contributed by atoms with Gasteiger partial charge in [0.1, 0.15) is 0 Å². The van der Waals surface area contributed by atoms with E-state index in [1.807, 2.05) is 0 Å². The van der Waals surface area contributed by atoms with Crippen molar-refractivity contribution in [1.82, 2.24) is 15.1 Å². The van der Waals surface area contributed by atoms with Crippen LogP contribution in [-0.2, 0) is 4.74 Å². The Morgan fingerprint density at radius 3 is 3.06 bits per heavy atom. The predicted octanol–water partition coefficient (Wildman–Crippen LogP) is -0.000800. The van der Waals surface area contributed by atoms with Gasteiger partial charge in [0.2, 0.25) is 0 Å². The molecule has 0 bridgehead atoms. The summed E-state index contributed by atoms with van der Waals surface area (Å²) in [5.74, 6) is 0.814. The van der Waals surface area contributed by atoms with Gasteiger partial charge in [0.15, 0.2) is 0 Å². The average Bonchev–Trinajstić information content (AvgIpc) is 2.48. The first-order chi connectivity index (χ1) is 8.25. The van der Waals surface area contributed by atoms with E-state index in [2.05, 4.69) is 29.1 Å².